The number of amides is 1. The predicted molar refractivity (Wildman–Crippen MR) is 74.3 cm³/mol. The highest BCUT2D eigenvalue weighted by Crippen LogP contribution is 2.21. The van der Waals surface area contributed by atoms with Crippen LogP contribution >= 0.6 is 0 Å². The molecule has 0 bridgehead atoms. The Morgan fingerprint density at radius 2 is 2.24 bits per heavy atom. The van der Waals surface area contributed by atoms with E-state index in [4.69, 9.17) is 0 Å². The van der Waals surface area contributed by atoms with E-state index in [1.165, 1.54) is 25.3 Å². The zero-order valence-electron chi connectivity index (χ0n) is 11.5. The highest BCUT2D eigenvalue weighted by Gasteiger charge is 2.34. The Balaban J connectivity index is 1.96. The summed E-state index contributed by atoms with van der Waals surface area (Å²) in [6.07, 6.45) is 1.45. The Bertz CT molecular complexity index is 562. The van der Waals surface area contributed by atoms with Crippen LogP contribution in [0.5, 0.6) is 0 Å². The van der Waals surface area contributed by atoms with E-state index in [1.54, 1.807) is 6.07 Å². The molecule has 1 aliphatic heterocycles. The summed E-state index contributed by atoms with van der Waals surface area (Å²) in [6, 6.07) is 5.35. The Labute approximate surface area is 121 Å². The molecule has 2 N–H and O–H groups in total. The molecule has 0 aliphatic carbocycles. The van der Waals surface area contributed by atoms with Gasteiger partial charge in [-0.2, -0.15) is 0 Å². The number of carbonyl (C=O) groups is 2. The molecule has 7 heteroatoms. The molecule has 21 heavy (non-hydrogen) atoms. The fourth-order valence-electron chi connectivity index (χ4n) is 2.26. The fraction of sp³-hybridized carbons (Fsp3) is 0.357. The smallest absolute Gasteiger partial charge is 0.242 e. The number of Topliss-reactive ketones (excluding diaryl/α,β-unsaturated/α-hetero) is 1. The number of hydrogen-bond donors (Lipinski definition) is 2. The van der Waals surface area contributed by atoms with E-state index in [2.05, 4.69) is 20.6 Å². The van der Waals surface area contributed by atoms with Crippen LogP contribution < -0.4 is 10.6 Å². The SMILES string of the molecule is CO/N=C\NC(=O)C1CC(C(=O)c2ccccc2F)CN1. The van der Waals surface area contributed by atoms with Crippen LogP contribution in [-0.4, -0.2) is 37.7 Å². The lowest BCUT2D eigenvalue weighted by atomic mass is 9.94. The summed E-state index contributed by atoms with van der Waals surface area (Å²) >= 11 is 0. The topological polar surface area (TPSA) is 79.8 Å². The highest BCUT2D eigenvalue weighted by atomic mass is 19.1. The van der Waals surface area contributed by atoms with Gasteiger partial charge in [0.05, 0.1) is 11.6 Å². The van der Waals surface area contributed by atoms with Gasteiger partial charge in [0.25, 0.3) is 0 Å². The maximum Gasteiger partial charge on any atom is 0.242 e. The first kappa shape index (κ1) is 15.1. The second-order valence-corrected chi connectivity index (χ2v) is 4.66. The van der Waals surface area contributed by atoms with Gasteiger partial charge in [0.15, 0.2) is 5.78 Å². The van der Waals surface area contributed by atoms with E-state index in [0.717, 1.165) is 6.34 Å². The molecule has 1 aliphatic rings. The van der Waals surface area contributed by atoms with Crippen LogP contribution in [0.3, 0.4) is 0 Å². The molecule has 112 valence electrons. The third-order valence-electron chi connectivity index (χ3n) is 3.32. The Kier molecular flexibility index (Phi) is 4.99. The number of rotatable bonds is 5. The average molecular weight is 293 g/mol. The number of hydrogen-bond acceptors (Lipinski definition) is 5. The molecule has 2 unspecified atom stereocenters. The first-order valence-corrected chi connectivity index (χ1v) is 6.51. The van der Waals surface area contributed by atoms with Gasteiger partial charge in [-0.3, -0.25) is 9.59 Å². The zero-order valence-corrected chi connectivity index (χ0v) is 11.5. The second-order valence-electron chi connectivity index (χ2n) is 4.66. The minimum atomic E-state index is -0.539. The Hall–Kier alpha value is -2.28. The molecule has 0 spiro atoms. The molecule has 1 saturated heterocycles. The summed E-state index contributed by atoms with van der Waals surface area (Å²) in [5, 5.41) is 8.77. The molecule has 1 aromatic carbocycles. The third kappa shape index (κ3) is 3.63. The first-order chi connectivity index (χ1) is 10.1. The van der Waals surface area contributed by atoms with Crippen LogP contribution in [0.25, 0.3) is 0 Å². The van der Waals surface area contributed by atoms with Gasteiger partial charge in [-0.1, -0.05) is 17.3 Å². The van der Waals surface area contributed by atoms with Crippen LogP contribution in [-0.2, 0) is 9.63 Å². The molecule has 1 amide bonds. The van der Waals surface area contributed by atoms with Crippen LogP contribution in [0, 0.1) is 11.7 Å². The van der Waals surface area contributed by atoms with Crippen LogP contribution in [0.15, 0.2) is 29.4 Å². The highest BCUT2D eigenvalue weighted by molar-refractivity contribution is 5.99. The van der Waals surface area contributed by atoms with E-state index < -0.39 is 17.8 Å². The molecule has 0 aromatic heterocycles. The van der Waals surface area contributed by atoms with E-state index in [9.17, 15) is 14.0 Å². The van der Waals surface area contributed by atoms with Crippen molar-refractivity contribution in [2.45, 2.75) is 12.5 Å². The monoisotopic (exact) mass is 293 g/mol. The lowest BCUT2D eigenvalue weighted by molar-refractivity contribution is -0.121. The van der Waals surface area contributed by atoms with Gasteiger partial charge in [0.1, 0.15) is 19.3 Å². The summed E-state index contributed by atoms with van der Waals surface area (Å²) < 4.78 is 13.6. The quantitative estimate of drug-likeness (QED) is 0.362. The van der Waals surface area contributed by atoms with Crippen molar-refractivity contribution in [2.24, 2.45) is 11.1 Å². The van der Waals surface area contributed by atoms with E-state index in [-0.39, 0.29) is 17.3 Å². The Morgan fingerprint density at radius 1 is 1.48 bits per heavy atom. The van der Waals surface area contributed by atoms with E-state index >= 15 is 0 Å². The molecule has 6 nitrogen and oxygen atoms in total. The number of nitrogens with one attached hydrogen (secondary N) is 2. The summed E-state index contributed by atoms with van der Waals surface area (Å²) in [5.41, 5.74) is 0.0614. The third-order valence-corrected chi connectivity index (χ3v) is 3.32. The van der Waals surface area contributed by atoms with Crippen molar-refractivity contribution in [3.63, 3.8) is 0 Å². The molecular weight excluding hydrogens is 277 g/mol. The van der Waals surface area contributed by atoms with Crippen LogP contribution in [0.2, 0.25) is 0 Å². The zero-order chi connectivity index (χ0) is 15.2. The van der Waals surface area contributed by atoms with Gasteiger partial charge in [0.2, 0.25) is 5.91 Å². The van der Waals surface area contributed by atoms with Gasteiger partial charge in [-0.25, -0.2) is 4.39 Å². The molecule has 1 aromatic rings. The van der Waals surface area contributed by atoms with Gasteiger partial charge in [0, 0.05) is 12.5 Å². The number of ketones is 1. The van der Waals surface area contributed by atoms with Crippen molar-refractivity contribution in [1.29, 1.82) is 0 Å². The van der Waals surface area contributed by atoms with Crippen molar-refractivity contribution >= 4 is 18.0 Å². The molecular formula is C14H16FN3O3. The van der Waals surface area contributed by atoms with Crippen molar-refractivity contribution in [1.82, 2.24) is 10.6 Å². The standard InChI is InChI=1S/C14H16FN3O3/c1-21-18-8-17-14(20)12-6-9(7-16-12)13(19)10-4-2-3-5-11(10)15/h2-5,8-9,12,16H,6-7H2,1H3,(H,17,18,20). The number of oxime groups is 1. The maximum atomic E-state index is 13.6. The molecule has 1 heterocycles. The summed E-state index contributed by atoms with van der Waals surface area (Å²) in [5.74, 6) is -1.55. The van der Waals surface area contributed by atoms with Crippen molar-refractivity contribution < 1.29 is 18.8 Å². The molecule has 1 fully saturated rings. The van der Waals surface area contributed by atoms with Crippen molar-refractivity contribution in [2.75, 3.05) is 13.7 Å². The number of nitrogens with zero attached hydrogens (tertiary/aromatic N) is 1. The molecule has 2 rings (SSSR count). The average Bonchev–Trinajstić information content (AvgIpc) is 2.97. The largest absolute Gasteiger partial charge is 0.398 e. The molecule has 2 atom stereocenters. The van der Waals surface area contributed by atoms with E-state index in [1.807, 2.05) is 0 Å². The van der Waals surface area contributed by atoms with Gasteiger partial charge < -0.3 is 15.5 Å². The number of benzene rings is 1. The first-order valence-electron chi connectivity index (χ1n) is 6.51. The van der Waals surface area contributed by atoms with Crippen LogP contribution in [0.1, 0.15) is 16.8 Å². The summed E-state index contributed by atoms with van der Waals surface area (Å²) in [4.78, 5) is 28.4. The van der Waals surface area contributed by atoms with Crippen LogP contribution in [0.4, 0.5) is 4.39 Å². The van der Waals surface area contributed by atoms with Crippen molar-refractivity contribution in [3.05, 3.63) is 35.6 Å². The summed E-state index contributed by atoms with van der Waals surface area (Å²) in [7, 11) is 1.36. The lowest BCUT2D eigenvalue weighted by Crippen LogP contribution is -2.39. The van der Waals surface area contributed by atoms with E-state index in [0.29, 0.717) is 13.0 Å². The molecule has 0 radical (unpaired) electrons. The maximum absolute atomic E-state index is 13.6. The molecule has 0 saturated carbocycles. The van der Waals surface area contributed by atoms with Gasteiger partial charge in [-0.05, 0) is 18.6 Å². The normalized spacial score (nSPS) is 21.4. The fourth-order valence-corrected chi connectivity index (χ4v) is 2.26. The predicted octanol–water partition coefficient (Wildman–Crippen LogP) is 0.692. The second kappa shape index (κ2) is 6.94. The summed E-state index contributed by atoms with van der Waals surface area (Å²) in [6.45, 7) is 0.340. The Morgan fingerprint density at radius 3 is 2.95 bits per heavy atom. The number of carbonyl (C=O) groups excluding carboxylic acids is 2. The minimum absolute atomic E-state index is 0.0614. The van der Waals surface area contributed by atoms with Crippen molar-refractivity contribution in [3.8, 4) is 0 Å². The van der Waals surface area contributed by atoms with Gasteiger partial charge in [-0.15, -0.1) is 0 Å². The van der Waals surface area contributed by atoms with Gasteiger partial charge >= 0.3 is 0 Å². The minimum Gasteiger partial charge on any atom is -0.398 e. The number of halogens is 1. The lowest BCUT2D eigenvalue weighted by Gasteiger charge is -2.09.